The van der Waals surface area contributed by atoms with Gasteiger partial charge >= 0.3 is 12.0 Å². The van der Waals surface area contributed by atoms with Crippen LogP contribution in [-0.4, -0.2) is 58.5 Å². The Morgan fingerprint density at radius 2 is 1.88 bits per heavy atom. The van der Waals surface area contributed by atoms with E-state index in [9.17, 15) is 14.4 Å². The number of carbonyl (C=O) groups is 3. The van der Waals surface area contributed by atoms with Gasteiger partial charge in [0.05, 0.1) is 5.56 Å². The normalized spacial score (nSPS) is 17.8. The van der Waals surface area contributed by atoms with E-state index in [1.807, 2.05) is 13.8 Å². The van der Waals surface area contributed by atoms with Gasteiger partial charge in [-0.15, -0.1) is 0 Å². The average molecular weight is 333 g/mol. The zero-order chi connectivity index (χ0) is 17.7. The predicted octanol–water partition coefficient (Wildman–Crippen LogP) is 1.54. The number of carboxylic acid groups (broad SMARTS) is 1. The van der Waals surface area contributed by atoms with E-state index < -0.39 is 12.0 Å². The van der Waals surface area contributed by atoms with E-state index in [1.54, 1.807) is 21.9 Å². The lowest BCUT2D eigenvalue weighted by Gasteiger charge is -2.39. The Morgan fingerprint density at radius 1 is 1.21 bits per heavy atom. The molecule has 7 nitrogen and oxygen atoms in total. The monoisotopic (exact) mass is 333 g/mol. The topological polar surface area (TPSA) is 90.0 Å². The summed E-state index contributed by atoms with van der Waals surface area (Å²) in [7, 11) is 0. The average Bonchev–Trinajstić information content (AvgIpc) is 2.59. The second kappa shape index (κ2) is 7.81. The van der Waals surface area contributed by atoms with Crippen LogP contribution in [-0.2, 0) is 11.3 Å². The number of urea groups is 1. The molecule has 1 saturated heterocycles. The molecule has 1 heterocycles. The van der Waals surface area contributed by atoms with Gasteiger partial charge in [-0.2, -0.15) is 0 Å². The van der Waals surface area contributed by atoms with Gasteiger partial charge in [0.1, 0.15) is 6.04 Å². The predicted molar refractivity (Wildman–Crippen MR) is 88.7 cm³/mol. The highest BCUT2D eigenvalue weighted by atomic mass is 16.4. The third-order valence-electron chi connectivity index (χ3n) is 4.26. The lowest BCUT2D eigenvalue weighted by molar-refractivity contribution is -0.139. The summed E-state index contributed by atoms with van der Waals surface area (Å²) in [4.78, 5) is 38.9. The van der Waals surface area contributed by atoms with Crippen LogP contribution < -0.4 is 5.32 Å². The SMILES string of the molecule is CCC1C(=O)N(CC)CCN1C(=O)NCc1ccc(C(=O)O)cc1. The molecule has 1 fully saturated rings. The maximum Gasteiger partial charge on any atom is 0.335 e. The van der Waals surface area contributed by atoms with Crippen molar-refractivity contribution in [1.29, 1.82) is 0 Å². The molecule has 0 aliphatic carbocycles. The van der Waals surface area contributed by atoms with Crippen LogP contribution in [0.15, 0.2) is 24.3 Å². The summed E-state index contributed by atoms with van der Waals surface area (Å²) in [6.07, 6.45) is 0.579. The summed E-state index contributed by atoms with van der Waals surface area (Å²) < 4.78 is 0. The van der Waals surface area contributed by atoms with Crippen molar-refractivity contribution >= 4 is 17.9 Å². The van der Waals surface area contributed by atoms with E-state index in [0.29, 0.717) is 26.1 Å². The molecule has 1 atom stereocenters. The summed E-state index contributed by atoms with van der Waals surface area (Å²) in [6, 6.07) is 5.65. The van der Waals surface area contributed by atoms with Gasteiger partial charge in [-0.25, -0.2) is 9.59 Å². The Balaban J connectivity index is 1.96. The van der Waals surface area contributed by atoms with Gasteiger partial charge in [0, 0.05) is 26.2 Å². The summed E-state index contributed by atoms with van der Waals surface area (Å²) in [5, 5.41) is 11.7. The fourth-order valence-electron chi connectivity index (χ4n) is 2.83. The van der Waals surface area contributed by atoms with Gasteiger partial charge in [-0.3, -0.25) is 4.79 Å². The molecule has 2 rings (SSSR count). The second-order valence-corrected chi connectivity index (χ2v) is 5.70. The van der Waals surface area contributed by atoms with Crippen LogP contribution in [0.25, 0.3) is 0 Å². The minimum atomic E-state index is -0.983. The zero-order valence-corrected chi connectivity index (χ0v) is 14.0. The van der Waals surface area contributed by atoms with Gasteiger partial charge in [0.15, 0.2) is 0 Å². The number of hydrogen-bond acceptors (Lipinski definition) is 3. The molecule has 130 valence electrons. The number of amides is 3. The first kappa shape index (κ1) is 17.8. The van der Waals surface area contributed by atoms with Crippen LogP contribution in [0, 0.1) is 0 Å². The number of likely N-dealkylation sites (N-methyl/N-ethyl adjacent to an activating group) is 1. The lowest BCUT2D eigenvalue weighted by Crippen LogP contribution is -2.60. The fourth-order valence-corrected chi connectivity index (χ4v) is 2.83. The first-order valence-electron chi connectivity index (χ1n) is 8.13. The van der Waals surface area contributed by atoms with Gasteiger partial charge in [0.25, 0.3) is 0 Å². The van der Waals surface area contributed by atoms with Gasteiger partial charge in [-0.05, 0) is 31.0 Å². The first-order valence-corrected chi connectivity index (χ1v) is 8.13. The second-order valence-electron chi connectivity index (χ2n) is 5.70. The molecule has 0 bridgehead atoms. The van der Waals surface area contributed by atoms with E-state index in [-0.39, 0.29) is 24.0 Å². The zero-order valence-electron chi connectivity index (χ0n) is 14.0. The minimum absolute atomic E-state index is 0.00721. The van der Waals surface area contributed by atoms with Crippen molar-refractivity contribution in [3.05, 3.63) is 35.4 Å². The number of rotatable bonds is 5. The Labute approximate surface area is 141 Å². The Kier molecular flexibility index (Phi) is 5.78. The quantitative estimate of drug-likeness (QED) is 0.855. The van der Waals surface area contributed by atoms with Crippen LogP contribution in [0.4, 0.5) is 4.79 Å². The van der Waals surface area contributed by atoms with Crippen molar-refractivity contribution in [2.75, 3.05) is 19.6 Å². The van der Waals surface area contributed by atoms with Crippen molar-refractivity contribution < 1.29 is 19.5 Å². The number of aromatic carboxylic acids is 1. The molecular weight excluding hydrogens is 310 g/mol. The summed E-state index contributed by atoms with van der Waals surface area (Å²) in [5.41, 5.74) is 1.01. The van der Waals surface area contributed by atoms with Crippen molar-refractivity contribution in [2.24, 2.45) is 0 Å². The highest BCUT2D eigenvalue weighted by Gasteiger charge is 2.35. The van der Waals surface area contributed by atoms with E-state index in [4.69, 9.17) is 5.11 Å². The maximum absolute atomic E-state index is 12.4. The number of nitrogens with one attached hydrogen (secondary N) is 1. The first-order chi connectivity index (χ1) is 11.5. The molecule has 1 aromatic carbocycles. The van der Waals surface area contributed by atoms with Crippen LogP contribution in [0.1, 0.15) is 36.2 Å². The number of hydrogen-bond donors (Lipinski definition) is 2. The molecular formula is C17H23N3O4. The highest BCUT2D eigenvalue weighted by molar-refractivity contribution is 5.88. The maximum atomic E-state index is 12.4. The van der Waals surface area contributed by atoms with E-state index in [1.165, 1.54) is 12.1 Å². The molecule has 24 heavy (non-hydrogen) atoms. The number of carbonyl (C=O) groups excluding carboxylic acids is 2. The minimum Gasteiger partial charge on any atom is -0.478 e. The van der Waals surface area contributed by atoms with Crippen molar-refractivity contribution in [3.8, 4) is 0 Å². The smallest absolute Gasteiger partial charge is 0.335 e. The number of piperazine rings is 1. The van der Waals surface area contributed by atoms with E-state index in [2.05, 4.69) is 5.32 Å². The summed E-state index contributed by atoms with van der Waals surface area (Å²) >= 11 is 0. The third-order valence-corrected chi connectivity index (χ3v) is 4.26. The molecule has 1 aliphatic heterocycles. The molecule has 0 saturated carbocycles. The van der Waals surface area contributed by atoms with Crippen LogP contribution in [0.2, 0.25) is 0 Å². The summed E-state index contributed by atoms with van der Waals surface area (Å²) in [6.45, 7) is 5.83. The molecule has 3 amide bonds. The lowest BCUT2D eigenvalue weighted by atomic mass is 10.1. The largest absolute Gasteiger partial charge is 0.478 e. The van der Waals surface area contributed by atoms with Gasteiger partial charge < -0.3 is 20.2 Å². The van der Waals surface area contributed by atoms with Gasteiger partial charge in [0.2, 0.25) is 5.91 Å². The summed E-state index contributed by atoms with van der Waals surface area (Å²) in [5.74, 6) is -0.990. The molecule has 1 aromatic rings. The Morgan fingerprint density at radius 3 is 2.42 bits per heavy atom. The number of nitrogens with zero attached hydrogens (tertiary/aromatic N) is 2. The standard InChI is InChI=1S/C17H23N3O4/c1-3-14-15(21)19(4-2)9-10-20(14)17(24)18-11-12-5-7-13(8-6-12)16(22)23/h5-8,14H,3-4,9-11H2,1-2H3,(H,18,24)(H,22,23). The highest BCUT2D eigenvalue weighted by Crippen LogP contribution is 2.15. The molecule has 0 aromatic heterocycles. The van der Waals surface area contributed by atoms with E-state index >= 15 is 0 Å². The molecule has 0 spiro atoms. The molecule has 1 unspecified atom stereocenters. The molecule has 7 heteroatoms. The Hall–Kier alpha value is -2.57. The molecule has 2 N–H and O–H groups in total. The third kappa shape index (κ3) is 3.84. The van der Waals surface area contributed by atoms with Crippen LogP contribution >= 0.6 is 0 Å². The van der Waals surface area contributed by atoms with Crippen LogP contribution in [0.5, 0.6) is 0 Å². The van der Waals surface area contributed by atoms with Crippen molar-refractivity contribution in [2.45, 2.75) is 32.9 Å². The van der Waals surface area contributed by atoms with Gasteiger partial charge in [-0.1, -0.05) is 19.1 Å². The number of benzene rings is 1. The van der Waals surface area contributed by atoms with Crippen LogP contribution in [0.3, 0.4) is 0 Å². The van der Waals surface area contributed by atoms with Crippen molar-refractivity contribution in [1.82, 2.24) is 15.1 Å². The van der Waals surface area contributed by atoms with Crippen molar-refractivity contribution in [3.63, 3.8) is 0 Å². The number of carboxylic acids is 1. The molecule has 0 radical (unpaired) electrons. The fraction of sp³-hybridized carbons (Fsp3) is 0.471. The van der Waals surface area contributed by atoms with E-state index in [0.717, 1.165) is 5.56 Å². The Bertz CT molecular complexity index is 615. The molecule has 1 aliphatic rings.